The van der Waals surface area contributed by atoms with Crippen molar-refractivity contribution in [3.8, 4) is 11.5 Å². The zero-order chi connectivity index (χ0) is 23.0. The first-order valence-electron chi connectivity index (χ1n) is 9.65. The van der Waals surface area contributed by atoms with E-state index < -0.39 is 15.9 Å². The lowest BCUT2D eigenvalue weighted by atomic mass is 10.1. The van der Waals surface area contributed by atoms with Crippen LogP contribution < -0.4 is 14.4 Å². The van der Waals surface area contributed by atoms with Crippen LogP contribution in [-0.4, -0.2) is 56.5 Å². The number of carbonyl (C=O) groups excluding carboxylic acids is 1. The van der Waals surface area contributed by atoms with Crippen LogP contribution in [0.25, 0.3) is 0 Å². The van der Waals surface area contributed by atoms with E-state index in [4.69, 9.17) is 32.7 Å². The lowest BCUT2D eigenvalue weighted by molar-refractivity contribution is -0.117. The number of hydrogen-bond donors (Lipinski definition) is 0. The van der Waals surface area contributed by atoms with Crippen molar-refractivity contribution in [3.63, 3.8) is 0 Å². The van der Waals surface area contributed by atoms with E-state index in [2.05, 4.69) is 4.99 Å². The number of carbonyl (C=O) groups is 1. The van der Waals surface area contributed by atoms with E-state index in [1.165, 1.54) is 26.0 Å². The van der Waals surface area contributed by atoms with Crippen molar-refractivity contribution in [2.75, 3.05) is 30.6 Å². The number of amides is 1. The Bertz CT molecular complexity index is 1200. The molecule has 7 nitrogen and oxygen atoms in total. The maximum atomic E-state index is 12.8. The number of amidine groups is 1. The molecule has 32 heavy (non-hydrogen) atoms. The van der Waals surface area contributed by atoms with Crippen molar-refractivity contribution in [3.05, 3.63) is 52.0 Å². The maximum absolute atomic E-state index is 12.8. The second kappa shape index (κ2) is 9.13. The molecular formula is C21H20Cl2N2O5S2. The molecule has 170 valence electrons. The molecule has 0 aliphatic carbocycles. The quantitative estimate of drug-likeness (QED) is 0.598. The molecule has 0 saturated carbocycles. The number of anilines is 1. The molecule has 1 amide bonds. The molecule has 0 N–H and O–H groups in total. The van der Waals surface area contributed by atoms with E-state index in [0.717, 1.165) is 0 Å². The molecule has 2 aromatic rings. The lowest BCUT2D eigenvalue weighted by Gasteiger charge is -2.27. The predicted molar refractivity (Wildman–Crippen MR) is 128 cm³/mol. The molecule has 2 fully saturated rings. The van der Waals surface area contributed by atoms with Crippen LogP contribution >= 0.6 is 35.0 Å². The second-order valence-corrected chi connectivity index (χ2v) is 11.6. The molecule has 2 aliphatic rings. The van der Waals surface area contributed by atoms with E-state index in [1.54, 1.807) is 41.3 Å². The van der Waals surface area contributed by atoms with Gasteiger partial charge in [0.15, 0.2) is 15.0 Å². The van der Waals surface area contributed by atoms with E-state index in [0.29, 0.717) is 38.0 Å². The number of halogens is 2. The van der Waals surface area contributed by atoms with Crippen LogP contribution in [0.4, 0.5) is 5.69 Å². The number of sulfone groups is 1. The summed E-state index contributed by atoms with van der Waals surface area (Å²) >= 11 is 13.8. The highest BCUT2D eigenvalue weighted by molar-refractivity contribution is 8.16. The average molecular weight is 515 g/mol. The molecule has 4 rings (SSSR count). The minimum absolute atomic E-state index is 0.0166. The van der Waals surface area contributed by atoms with E-state index in [1.807, 2.05) is 0 Å². The summed E-state index contributed by atoms with van der Waals surface area (Å²) in [5.74, 6) is 0.441. The third-order valence-corrected chi connectivity index (χ3v) is 9.17. The Hall–Kier alpha value is -1.94. The molecular weight excluding hydrogens is 495 g/mol. The maximum Gasteiger partial charge on any atom is 0.252 e. The summed E-state index contributed by atoms with van der Waals surface area (Å²) in [7, 11) is -0.224. The highest BCUT2D eigenvalue weighted by atomic mass is 35.5. The van der Waals surface area contributed by atoms with Crippen molar-refractivity contribution in [2.24, 2.45) is 4.99 Å². The Morgan fingerprint density at radius 2 is 1.84 bits per heavy atom. The topological polar surface area (TPSA) is 85.3 Å². The van der Waals surface area contributed by atoms with Crippen LogP contribution in [0.15, 0.2) is 41.4 Å². The summed E-state index contributed by atoms with van der Waals surface area (Å²) in [5.41, 5.74) is 1.20. The van der Waals surface area contributed by atoms with Gasteiger partial charge in [-0.2, -0.15) is 4.99 Å². The summed E-state index contributed by atoms with van der Waals surface area (Å²) in [4.78, 5) is 18.9. The Balaban J connectivity index is 1.74. The van der Waals surface area contributed by atoms with Gasteiger partial charge in [0.25, 0.3) is 5.91 Å². The Morgan fingerprint density at radius 1 is 1.12 bits per heavy atom. The summed E-state index contributed by atoms with van der Waals surface area (Å²) in [6.45, 7) is 0. The molecule has 0 bridgehead atoms. The van der Waals surface area contributed by atoms with E-state index >= 15 is 0 Å². The number of ether oxygens (including phenoxy) is 2. The number of fused-ring (bicyclic) bond motifs is 1. The molecule has 2 aliphatic heterocycles. The van der Waals surface area contributed by atoms with Crippen LogP contribution in [0.3, 0.4) is 0 Å². The minimum Gasteiger partial charge on any atom is -0.495 e. The van der Waals surface area contributed by atoms with Gasteiger partial charge in [-0.25, -0.2) is 8.42 Å². The van der Waals surface area contributed by atoms with E-state index in [9.17, 15) is 13.2 Å². The first-order chi connectivity index (χ1) is 15.2. The number of benzene rings is 2. The van der Waals surface area contributed by atoms with Crippen molar-refractivity contribution < 1.29 is 22.7 Å². The largest absolute Gasteiger partial charge is 0.495 e. The molecule has 0 spiro atoms. The van der Waals surface area contributed by atoms with Crippen LogP contribution in [0, 0.1) is 0 Å². The standard InChI is InChI=1S/C21H20Cl2N2O5S2/c1-29-17-9-18(30-2)15(8-14(17)23)25-16-10-32(27,28)11-19(16)31-21(25)24-20(26)7-12-5-3-4-6-13(12)22/h3-6,8-9,16,19H,7,10-11H2,1-2H3/t16-,19+/m1/s1. The van der Waals surface area contributed by atoms with Crippen LogP contribution in [-0.2, 0) is 21.1 Å². The first-order valence-corrected chi connectivity index (χ1v) is 13.1. The monoisotopic (exact) mass is 514 g/mol. The fourth-order valence-electron chi connectivity index (χ4n) is 3.83. The van der Waals surface area contributed by atoms with Gasteiger partial charge in [-0.05, 0) is 17.7 Å². The van der Waals surface area contributed by atoms with Gasteiger partial charge in [-0.1, -0.05) is 53.2 Å². The number of hydrogen-bond acceptors (Lipinski definition) is 6. The smallest absolute Gasteiger partial charge is 0.252 e. The van der Waals surface area contributed by atoms with E-state index in [-0.39, 0.29) is 29.1 Å². The molecule has 11 heteroatoms. The van der Waals surface area contributed by atoms with Crippen LogP contribution in [0.2, 0.25) is 10.0 Å². The summed E-state index contributed by atoms with van der Waals surface area (Å²) in [5, 5.41) is 0.979. The van der Waals surface area contributed by atoms with Gasteiger partial charge in [0.05, 0.1) is 48.9 Å². The number of nitrogens with zero attached hydrogens (tertiary/aromatic N) is 2. The fraction of sp³-hybridized carbons (Fsp3) is 0.333. The van der Waals surface area contributed by atoms with Gasteiger partial charge >= 0.3 is 0 Å². The minimum atomic E-state index is -3.21. The highest BCUT2D eigenvalue weighted by Gasteiger charge is 2.50. The fourth-order valence-corrected chi connectivity index (χ4v) is 8.19. The van der Waals surface area contributed by atoms with Crippen molar-refractivity contribution in [1.29, 1.82) is 0 Å². The van der Waals surface area contributed by atoms with Gasteiger partial charge in [0, 0.05) is 16.3 Å². The van der Waals surface area contributed by atoms with Gasteiger partial charge in [0.2, 0.25) is 0 Å². The lowest BCUT2D eigenvalue weighted by Crippen LogP contribution is -2.38. The normalized spacial score (nSPS) is 22.8. The Labute approximate surface area is 200 Å². The molecule has 2 aromatic carbocycles. The Morgan fingerprint density at radius 3 is 2.53 bits per heavy atom. The number of thioether (sulfide) groups is 1. The molecule has 2 saturated heterocycles. The second-order valence-electron chi connectivity index (χ2n) is 7.39. The molecule has 0 unspecified atom stereocenters. The third-order valence-electron chi connectivity index (χ3n) is 5.30. The van der Waals surface area contributed by atoms with Crippen molar-refractivity contribution in [2.45, 2.75) is 17.7 Å². The van der Waals surface area contributed by atoms with Crippen molar-refractivity contribution >= 4 is 61.6 Å². The Kier molecular flexibility index (Phi) is 6.63. The number of aliphatic imine (C=N–C) groups is 1. The predicted octanol–water partition coefficient (Wildman–Crippen LogP) is 3.85. The highest BCUT2D eigenvalue weighted by Crippen LogP contribution is 2.46. The molecule has 0 radical (unpaired) electrons. The SMILES string of the molecule is COc1cc(OC)c(N2C(=NC(=O)Cc3ccccc3Cl)S[C@H]3CS(=O)(=O)C[C@H]32)cc1Cl. The van der Waals surface area contributed by atoms with Crippen LogP contribution in [0.5, 0.6) is 11.5 Å². The number of rotatable bonds is 5. The van der Waals surface area contributed by atoms with Crippen LogP contribution in [0.1, 0.15) is 5.56 Å². The summed E-state index contributed by atoms with van der Waals surface area (Å²) < 4.78 is 35.4. The first kappa shape index (κ1) is 23.2. The average Bonchev–Trinajstić information content (AvgIpc) is 3.20. The van der Waals surface area contributed by atoms with Gasteiger partial charge < -0.3 is 14.4 Å². The summed E-state index contributed by atoms with van der Waals surface area (Å²) in [6.07, 6.45) is 0.0334. The molecule has 2 heterocycles. The molecule has 2 atom stereocenters. The van der Waals surface area contributed by atoms with Crippen molar-refractivity contribution in [1.82, 2.24) is 0 Å². The van der Waals surface area contributed by atoms with Gasteiger partial charge in [0.1, 0.15) is 11.5 Å². The zero-order valence-corrected chi connectivity index (χ0v) is 20.4. The molecule has 0 aromatic heterocycles. The number of methoxy groups -OCH3 is 2. The van der Waals surface area contributed by atoms with Gasteiger partial charge in [-0.15, -0.1) is 0 Å². The van der Waals surface area contributed by atoms with Gasteiger partial charge in [-0.3, -0.25) is 4.79 Å². The third kappa shape index (κ3) is 4.57. The zero-order valence-electron chi connectivity index (χ0n) is 17.2. The summed E-state index contributed by atoms with van der Waals surface area (Å²) in [6, 6.07) is 9.95.